The second-order valence-corrected chi connectivity index (χ2v) is 6.58. The number of halogens is 1. The van der Waals surface area contributed by atoms with Crippen LogP contribution in [0.25, 0.3) is 0 Å². The number of amides is 1. The van der Waals surface area contributed by atoms with E-state index >= 15 is 0 Å². The zero-order valence-corrected chi connectivity index (χ0v) is 13.5. The average Bonchev–Trinajstić information content (AvgIpc) is 2.41. The highest BCUT2D eigenvalue weighted by atomic mass is 32.2. The first-order valence-electron chi connectivity index (χ1n) is 6.76. The Labute approximate surface area is 125 Å². The van der Waals surface area contributed by atoms with Crippen LogP contribution in [0.15, 0.2) is 24.3 Å². The topological polar surface area (TPSA) is 57.7 Å². The maximum atomic E-state index is 13.0. The first-order valence-corrected chi connectivity index (χ1v) is 8.61. The molecule has 0 aliphatic carbocycles. The van der Waals surface area contributed by atoms with Crippen molar-refractivity contribution in [3.05, 3.63) is 30.1 Å². The van der Waals surface area contributed by atoms with E-state index in [1.165, 1.54) is 31.2 Å². The van der Waals surface area contributed by atoms with E-state index in [1.807, 2.05) is 13.8 Å². The summed E-state index contributed by atoms with van der Waals surface area (Å²) in [5, 5.41) is 0. The van der Waals surface area contributed by atoms with Gasteiger partial charge in [0.05, 0.1) is 11.9 Å². The largest absolute Gasteiger partial charge is 0.341 e. The van der Waals surface area contributed by atoms with Crippen molar-refractivity contribution >= 4 is 21.6 Å². The molecule has 0 saturated heterocycles. The second-order valence-electron chi connectivity index (χ2n) is 4.72. The molecule has 0 fully saturated rings. The number of carbonyl (C=O) groups is 1. The van der Waals surface area contributed by atoms with Crippen LogP contribution in [-0.2, 0) is 14.8 Å². The summed E-state index contributed by atoms with van der Waals surface area (Å²) < 4.78 is 38.1. The van der Waals surface area contributed by atoms with Gasteiger partial charge in [0.15, 0.2) is 0 Å². The normalized spacial score (nSPS) is 12.8. The monoisotopic (exact) mass is 316 g/mol. The summed E-state index contributed by atoms with van der Waals surface area (Å²) >= 11 is 0. The SMILES string of the molecule is CCN(CC)C(=O)[C@H](C)N(c1ccc(F)cc1)S(C)(=O)=O. The Balaban J connectivity index is 3.21. The summed E-state index contributed by atoms with van der Waals surface area (Å²) in [6, 6.07) is 4.15. The predicted molar refractivity (Wildman–Crippen MR) is 81.1 cm³/mol. The quantitative estimate of drug-likeness (QED) is 0.805. The first kappa shape index (κ1) is 17.4. The lowest BCUT2D eigenvalue weighted by Crippen LogP contribution is -2.49. The van der Waals surface area contributed by atoms with Gasteiger partial charge in [0.25, 0.3) is 0 Å². The van der Waals surface area contributed by atoms with Crippen LogP contribution in [0.1, 0.15) is 20.8 Å². The van der Waals surface area contributed by atoms with Crippen molar-refractivity contribution in [2.24, 2.45) is 0 Å². The van der Waals surface area contributed by atoms with Gasteiger partial charge < -0.3 is 4.90 Å². The molecule has 1 amide bonds. The van der Waals surface area contributed by atoms with Crippen LogP contribution in [0.5, 0.6) is 0 Å². The Bertz CT molecular complexity index is 583. The number of rotatable bonds is 6. The molecule has 1 aromatic carbocycles. The molecule has 0 spiro atoms. The van der Waals surface area contributed by atoms with E-state index in [2.05, 4.69) is 0 Å². The summed E-state index contributed by atoms with van der Waals surface area (Å²) in [4.78, 5) is 13.9. The maximum absolute atomic E-state index is 13.0. The number of anilines is 1. The zero-order chi connectivity index (χ0) is 16.2. The van der Waals surface area contributed by atoms with Gasteiger partial charge in [-0.2, -0.15) is 0 Å². The molecule has 1 rings (SSSR count). The Hall–Kier alpha value is -1.63. The first-order chi connectivity index (χ1) is 9.72. The summed E-state index contributed by atoms with van der Waals surface area (Å²) in [5.74, 6) is -0.746. The molecule has 0 aliphatic heterocycles. The highest BCUT2D eigenvalue weighted by Crippen LogP contribution is 2.22. The number of sulfonamides is 1. The molecule has 0 heterocycles. The lowest BCUT2D eigenvalue weighted by atomic mass is 10.2. The van der Waals surface area contributed by atoms with Crippen molar-refractivity contribution < 1.29 is 17.6 Å². The van der Waals surface area contributed by atoms with Crippen molar-refractivity contribution in [3.8, 4) is 0 Å². The third-order valence-electron chi connectivity index (χ3n) is 3.22. The smallest absolute Gasteiger partial charge is 0.246 e. The van der Waals surface area contributed by atoms with Crippen molar-refractivity contribution in [1.82, 2.24) is 4.90 Å². The van der Waals surface area contributed by atoms with Gasteiger partial charge in [-0.3, -0.25) is 9.10 Å². The Morgan fingerprint density at radius 3 is 2.05 bits per heavy atom. The van der Waals surface area contributed by atoms with Gasteiger partial charge >= 0.3 is 0 Å². The molecular formula is C14H21FN2O3S. The number of hydrogen-bond donors (Lipinski definition) is 0. The van der Waals surface area contributed by atoms with Gasteiger partial charge in [-0.1, -0.05) is 0 Å². The molecule has 0 saturated carbocycles. The average molecular weight is 316 g/mol. The predicted octanol–water partition coefficient (Wildman–Crippen LogP) is 1.85. The standard InChI is InChI=1S/C14H21FN2O3S/c1-5-16(6-2)14(18)11(3)17(21(4,19)20)13-9-7-12(15)8-10-13/h7-11H,5-6H2,1-4H3/t11-/m0/s1. The minimum atomic E-state index is -3.66. The molecule has 5 nitrogen and oxygen atoms in total. The molecule has 1 atom stereocenters. The van der Waals surface area contributed by atoms with Gasteiger partial charge in [0.2, 0.25) is 15.9 Å². The van der Waals surface area contributed by atoms with E-state index in [0.29, 0.717) is 13.1 Å². The van der Waals surface area contributed by atoms with Crippen LogP contribution in [-0.4, -0.2) is 44.6 Å². The highest BCUT2D eigenvalue weighted by Gasteiger charge is 2.31. The molecule has 7 heteroatoms. The third kappa shape index (κ3) is 4.17. The molecule has 21 heavy (non-hydrogen) atoms. The van der Waals surface area contributed by atoms with Gasteiger partial charge in [0, 0.05) is 13.1 Å². The summed E-state index contributed by atoms with van der Waals surface area (Å²) in [6.07, 6.45) is 1.03. The zero-order valence-electron chi connectivity index (χ0n) is 12.7. The minimum absolute atomic E-state index is 0.270. The number of nitrogens with zero attached hydrogens (tertiary/aromatic N) is 2. The molecule has 0 bridgehead atoms. The van der Waals surface area contributed by atoms with Crippen molar-refractivity contribution in [2.45, 2.75) is 26.8 Å². The third-order valence-corrected chi connectivity index (χ3v) is 4.46. The fraction of sp³-hybridized carbons (Fsp3) is 0.500. The fourth-order valence-electron chi connectivity index (χ4n) is 2.19. The van der Waals surface area contributed by atoms with E-state index < -0.39 is 21.9 Å². The van der Waals surface area contributed by atoms with Crippen molar-refractivity contribution in [1.29, 1.82) is 0 Å². The molecule has 118 valence electrons. The Kier molecular flexibility index (Phi) is 5.71. The number of hydrogen-bond acceptors (Lipinski definition) is 3. The van der Waals surface area contributed by atoms with Gasteiger partial charge in [-0.25, -0.2) is 12.8 Å². The van der Waals surface area contributed by atoms with Crippen LogP contribution in [0.3, 0.4) is 0 Å². The maximum Gasteiger partial charge on any atom is 0.246 e. The fourth-order valence-corrected chi connectivity index (χ4v) is 3.36. The molecule has 0 N–H and O–H groups in total. The lowest BCUT2D eigenvalue weighted by Gasteiger charge is -2.31. The van der Waals surface area contributed by atoms with Crippen LogP contribution in [0.4, 0.5) is 10.1 Å². The van der Waals surface area contributed by atoms with Gasteiger partial charge in [-0.15, -0.1) is 0 Å². The highest BCUT2D eigenvalue weighted by molar-refractivity contribution is 7.92. The van der Waals surface area contributed by atoms with E-state index in [-0.39, 0.29) is 11.6 Å². The lowest BCUT2D eigenvalue weighted by molar-refractivity contribution is -0.131. The number of benzene rings is 1. The summed E-state index contributed by atoms with van der Waals surface area (Å²) in [6.45, 7) is 6.19. The molecular weight excluding hydrogens is 295 g/mol. The van der Waals surface area contributed by atoms with E-state index in [1.54, 1.807) is 4.90 Å². The summed E-state index contributed by atoms with van der Waals surface area (Å²) in [5.41, 5.74) is 0.270. The molecule has 0 radical (unpaired) electrons. The van der Waals surface area contributed by atoms with Crippen LogP contribution < -0.4 is 4.31 Å². The molecule has 0 aliphatic rings. The van der Waals surface area contributed by atoms with Crippen molar-refractivity contribution in [3.63, 3.8) is 0 Å². The van der Waals surface area contributed by atoms with Gasteiger partial charge in [-0.05, 0) is 45.0 Å². The molecule has 0 unspecified atom stereocenters. The van der Waals surface area contributed by atoms with Crippen LogP contribution in [0, 0.1) is 5.82 Å². The Morgan fingerprint density at radius 1 is 1.19 bits per heavy atom. The minimum Gasteiger partial charge on any atom is -0.341 e. The second kappa shape index (κ2) is 6.89. The van der Waals surface area contributed by atoms with Crippen LogP contribution in [0.2, 0.25) is 0 Å². The van der Waals surface area contributed by atoms with Crippen LogP contribution >= 0.6 is 0 Å². The molecule has 1 aromatic rings. The van der Waals surface area contributed by atoms with Crippen molar-refractivity contribution in [2.75, 3.05) is 23.7 Å². The molecule has 0 aromatic heterocycles. The van der Waals surface area contributed by atoms with E-state index in [9.17, 15) is 17.6 Å². The number of likely N-dealkylation sites (N-methyl/N-ethyl adjacent to an activating group) is 1. The Morgan fingerprint density at radius 2 is 1.67 bits per heavy atom. The van der Waals surface area contributed by atoms with Gasteiger partial charge in [0.1, 0.15) is 11.9 Å². The number of carbonyl (C=O) groups excluding carboxylic acids is 1. The summed E-state index contributed by atoms with van der Waals surface area (Å²) in [7, 11) is -3.66. The van der Waals surface area contributed by atoms with E-state index in [4.69, 9.17) is 0 Å². The van der Waals surface area contributed by atoms with E-state index in [0.717, 1.165) is 10.6 Å².